The summed E-state index contributed by atoms with van der Waals surface area (Å²) < 4.78 is 31.7. The van der Waals surface area contributed by atoms with Crippen molar-refractivity contribution in [3.8, 4) is 5.75 Å². The number of rotatable bonds is 7. The highest BCUT2D eigenvalue weighted by molar-refractivity contribution is 7.89. The smallest absolute Gasteiger partial charge is 0.312 e. The van der Waals surface area contributed by atoms with E-state index in [1.165, 1.54) is 19.2 Å². The van der Waals surface area contributed by atoms with Gasteiger partial charge in [0.05, 0.1) is 16.9 Å². The van der Waals surface area contributed by atoms with Gasteiger partial charge in [0.25, 0.3) is 0 Å². The second kappa shape index (κ2) is 6.37. The predicted molar refractivity (Wildman–Crippen MR) is 75.8 cm³/mol. The molecule has 0 unspecified atom stereocenters. The van der Waals surface area contributed by atoms with Crippen molar-refractivity contribution in [3.63, 3.8) is 0 Å². The summed E-state index contributed by atoms with van der Waals surface area (Å²) >= 11 is 0. The number of nitrogens with zero attached hydrogens (tertiary/aromatic N) is 1. The van der Waals surface area contributed by atoms with Gasteiger partial charge in [0.1, 0.15) is 0 Å². The van der Waals surface area contributed by atoms with Crippen molar-refractivity contribution in [2.24, 2.45) is 0 Å². The van der Waals surface area contributed by atoms with Gasteiger partial charge in [-0.15, -0.1) is 0 Å². The number of nitro benzene ring substituents is 1. The number of hydrogen-bond acceptors (Lipinski definition) is 6. The van der Waals surface area contributed by atoms with Gasteiger partial charge in [0.15, 0.2) is 5.75 Å². The van der Waals surface area contributed by atoms with Crippen LogP contribution in [-0.2, 0) is 10.0 Å². The minimum absolute atomic E-state index is 0.0198. The van der Waals surface area contributed by atoms with Gasteiger partial charge in [-0.05, 0) is 32.4 Å². The third-order valence-electron chi connectivity index (χ3n) is 2.80. The zero-order valence-electron chi connectivity index (χ0n) is 12.0. The van der Waals surface area contributed by atoms with Crippen LogP contribution in [0.5, 0.6) is 5.75 Å². The minimum atomic E-state index is -3.94. The maximum atomic E-state index is 12.2. The van der Waals surface area contributed by atoms with Crippen molar-refractivity contribution in [1.82, 2.24) is 4.72 Å². The summed E-state index contributed by atoms with van der Waals surface area (Å²) in [4.78, 5) is 9.98. The van der Waals surface area contributed by atoms with Gasteiger partial charge >= 0.3 is 5.69 Å². The van der Waals surface area contributed by atoms with Gasteiger partial charge in [-0.2, -0.15) is 0 Å². The molecule has 0 fully saturated rings. The first-order valence-corrected chi connectivity index (χ1v) is 7.58. The summed E-state index contributed by atoms with van der Waals surface area (Å²) in [6, 6.07) is 3.39. The molecule has 0 radical (unpaired) electrons. The van der Waals surface area contributed by atoms with Crippen molar-refractivity contribution in [2.45, 2.75) is 30.7 Å². The SMILES string of the molecule is COc1ccc(S(=O)(=O)NC(C)(C)CCO)cc1[N+](=O)[O-]. The van der Waals surface area contributed by atoms with Crippen LogP contribution in [0.15, 0.2) is 23.1 Å². The molecule has 0 bridgehead atoms. The van der Waals surface area contributed by atoms with E-state index in [-0.39, 0.29) is 23.7 Å². The van der Waals surface area contributed by atoms with Crippen molar-refractivity contribution >= 4 is 15.7 Å². The van der Waals surface area contributed by atoms with Gasteiger partial charge in [-0.25, -0.2) is 13.1 Å². The van der Waals surface area contributed by atoms with Crippen LogP contribution in [0.25, 0.3) is 0 Å². The molecule has 8 nitrogen and oxygen atoms in total. The molecule has 0 aromatic heterocycles. The molecule has 0 aliphatic rings. The van der Waals surface area contributed by atoms with Gasteiger partial charge in [0.2, 0.25) is 10.0 Å². The minimum Gasteiger partial charge on any atom is -0.490 e. The third-order valence-corrected chi connectivity index (χ3v) is 4.50. The molecule has 9 heteroatoms. The molecule has 21 heavy (non-hydrogen) atoms. The Hall–Kier alpha value is -1.71. The molecule has 1 aromatic carbocycles. The highest BCUT2D eigenvalue weighted by Gasteiger charge is 2.28. The van der Waals surface area contributed by atoms with E-state index in [4.69, 9.17) is 9.84 Å². The lowest BCUT2D eigenvalue weighted by Crippen LogP contribution is -2.43. The Bertz CT molecular complexity index is 627. The first kappa shape index (κ1) is 17.3. The Morgan fingerprint density at radius 2 is 2.05 bits per heavy atom. The highest BCUT2D eigenvalue weighted by atomic mass is 32.2. The van der Waals surface area contributed by atoms with Crippen molar-refractivity contribution in [2.75, 3.05) is 13.7 Å². The Labute approximate surface area is 122 Å². The summed E-state index contributed by atoms with van der Waals surface area (Å²) in [5.41, 5.74) is -1.30. The molecular weight excluding hydrogens is 300 g/mol. The summed E-state index contributed by atoms with van der Waals surface area (Å²) in [5.74, 6) is -0.0198. The van der Waals surface area contributed by atoms with Crippen molar-refractivity contribution in [1.29, 1.82) is 0 Å². The van der Waals surface area contributed by atoms with Gasteiger partial charge in [0, 0.05) is 18.2 Å². The molecule has 0 atom stereocenters. The largest absolute Gasteiger partial charge is 0.490 e. The molecule has 0 aliphatic heterocycles. The maximum absolute atomic E-state index is 12.2. The summed E-state index contributed by atoms with van der Waals surface area (Å²) in [6.45, 7) is 3.04. The fraction of sp³-hybridized carbons (Fsp3) is 0.500. The number of sulfonamides is 1. The predicted octanol–water partition coefficient (Wildman–Crippen LogP) is 1.04. The molecule has 0 heterocycles. The van der Waals surface area contributed by atoms with Crippen LogP contribution in [0.2, 0.25) is 0 Å². The van der Waals surface area contributed by atoms with Crippen LogP contribution >= 0.6 is 0 Å². The average molecular weight is 318 g/mol. The lowest BCUT2D eigenvalue weighted by Gasteiger charge is -2.24. The number of hydrogen-bond donors (Lipinski definition) is 2. The molecule has 0 saturated carbocycles. The Kier molecular flexibility index (Phi) is 5.26. The number of aliphatic hydroxyl groups is 1. The van der Waals surface area contributed by atoms with E-state index in [0.717, 1.165) is 6.07 Å². The van der Waals surface area contributed by atoms with E-state index in [1.54, 1.807) is 13.8 Å². The number of benzene rings is 1. The highest BCUT2D eigenvalue weighted by Crippen LogP contribution is 2.29. The van der Waals surface area contributed by atoms with Gasteiger partial charge < -0.3 is 9.84 Å². The lowest BCUT2D eigenvalue weighted by atomic mass is 10.0. The number of aliphatic hydroxyl groups excluding tert-OH is 1. The molecule has 0 saturated heterocycles. The first-order chi connectivity index (χ1) is 9.63. The summed E-state index contributed by atoms with van der Waals surface area (Å²) in [7, 11) is -2.68. The molecule has 0 spiro atoms. The number of nitrogens with one attached hydrogen (secondary N) is 1. The van der Waals surface area contributed by atoms with E-state index in [2.05, 4.69) is 4.72 Å². The molecule has 2 N–H and O–H groups in total. The van der Waals surface area contributed by atoms with Gasteiger partial charge in [-0.1, -0.05) is 0 Å². The molecular formula is C12H18N2O6S. The topological polar surface area (TPSA) is 119 Å². The van der Waals surface area contributed by atoms with E-state index in [1.807, 2.05) is 0 Å². The van der Waals surface area contributed by atoms with Crippen LogP contribution in [0.3, 0.4) is 0 Å². The zero-order valence-corrected chi connectivity index (χ0v) is 12.8. The van der Waals surface area contributed by atoms with E-state index in [9.17, 15) is 18.5 Å². The first-order valence-electron chi connectivity index (χ1n) is 6.10. The summed E-state index contributed by atoms with van der Waals surface area (Å²) in [6.07, 6.45) is 0.213. The maximum Gasteiger partial charge on any atom is 0.312 e. The number of nitro groups is 1. The lowest BCUT2D eigenvalue weighted by molar-refractivity contribution is -0.386. The van der Waals surface area contributed by atoms with Gasteiger partial charge in [-0.3, -0.25) is 10.1 Å². The molecule has 1 rings (SSSR count). The Morgan fingerprint density at radius 1 is 1.43 bits per heavy atom. The fourth-order valence-electron chi connectivity index (χ4n) is 1.73. The van der Waals surface area contributed by atoms with Crippen LogP contribution in [0.1, 0.15) is 20.3 Å². The van der Waals surface area contributed by atoms with Crippen molar-refractivity contribution < 1.29 is 23.2 Å². The second-order valence-electron chi connectivity index (χ2n) is 5.05. The van der Waals surface area contributed by atoms with Crippen molar-refractivity contribution in [3.05, 3.63) is 28.3 Å². The number of methoxy groups -OCH3 is 1. The quantitative estimate of drug-likeness (QED) is 0.573. The Morgan fingerprint density at radius 3 is 2.52 bits per heavy atom. The van der Waals surface area contributed by atoms with E-state index < -0.39 is 26.2 Å². The molecule has 0 amide bonds. The standard InChI is InChI=1S/C12H18N2O6S/c1-12(2,6-7-15)13-21(18,19)9-4-5-11(20-3)10(8-9)14(16)17/h4-5,8,13,15H,6-7H2,1-3H3. The second-order valence-corrected chi connectivity index (χ2v) is 6.74. The van der Waals surface area contributed by atoms with E-state index >= 15 is 0 Å². The zero-order chi connectivity index (χ0) is 16.3. The fourth-order valence-corrected chi connectivity index (χ4v) is 3.19. The third kappa shape index (κ3) is 4.38. The Balaban J connectivity index is 3.21. The average Bonchev–Trinajstić information content (AvgIpc) is 2.36. The molecule has 118 valence electrons. The molecule has 0 aliphatic carbocycles. The molecule has 1 aromatic rings. The summed E-state index contributed by atoms with van der Waals surface area (Å²) in [5, 5.41) is 19.8. The van der Waals surface area contributed by atoms with Crippen LogP contribution in [0, 0.1) is 10.1 Å². The van der Waals surface area contributed by atoms with Crippen LogP contribution < -0.4 is 9.46 Å². The normalized spacial score (nSPS) is 12.2. The monoisotopic (exact) mass is 318 g/mol. The van der Waals surface area contributed by atoms with E-state index in [0.29, 0.717) is 0 Å². The van der Waals surface area contributed by atoms with Crippen LogP contribution in [-0.4, -0.2) is 37.7 Å². The number of ether oxygens (including phenoxy) is 1. The van der Waals surface area contributed by atoms with Crippen LogP contribution in [0.4, 0.5) is 5.69 Å².